The van der Waals surface area contributed by atoms with Gasteiger partial charge in [-0.3, -0.25) is 0 Å². The summed E-state index contributed by atoms with van der Waals surface area (Å²) in [6.07, 6.45) is 0. The normalized spacial score (nSPS) is 14.1. The standard InChI is InChI=1S/C23H23NO2/c1-16(24-2)17-3-5-18(6-4-17)19-7-9-20(10-8-19)21-11-12-22-23(15-21)26-14-13-25-22/h3-12,15-16,24H,13-14H2,1-2H3. The van der Waals surface area contributed by atoms with E-state index in [0.717, 1.165) is 17.1 Å². The van der Waals surface area contributed by atoms with E-state index in [1.54, 1.807) is 0 Å². The van der Waals surface area contributed by atoms with E-state index in [-0.39, 0.29) is 0 Å². The molecule has 0 spiro atoms. The van der Waals surface area contributed by atoms with E-state index < -0.39 is 0 Å². The Morgan fingerprint density at radius 3 is 1.81 bits per heavy atom. The van der Waals surface area contributed by atoms with Crippen molar-refractivity contribution in [1.29, 1.82) is 0 Å². The monoisotopic (exact) mass is 345 g/mol. The van der Waals surface area contributed by atoms with Crippen molar-refractivity contribution in [3.8, 4) is 33.8 Å². The van der Waals surface area contributed by atoms with Crippen LogP contribution in [0.25, 0.3) is 22.3 Å². The smallest absolute Gasteiger partial charge is 0.161 e. The van der Waals surface area contributed by atoms with Crippen LogP contribution in [0.2, 0.25) is 0 Å². The minimum atomic E-state index is 0.363. The molecule has 3 aromatic rings. The lowest BCUT2D eigenvalue weighted by atomic mass is 9.98. The van der Waals surface area contributed by atoms with Gasteiger partial charge in [-0.2, -0.15) is 0 Å². The molecule has 0 aromatic heterocycles. The second-order valence-electron chi connectivity index (χ2n) is 6.57. The first-order valence-corrected chi connectivity index (χ1v) is 9.02. The molecule has 0 aliphatic carbocycles. The molecule has 1 atom stereocenters. The maximum Gasteiger partial charge on any atom is 0.161 e. The number of nitrogens with one attached hydrogen (secondary N) is 1. The third kappa shape index (κ3) is 3.31. The van der Waals surface area contributed by atoms with Gasteiger partial charge in [0.25, 0.3) is 0 Å². The molecule has 4 rings (SSSR count). The van der Waals surface area contributed by atoms with E-state index in [4.69, 9.17) is 9.47 Å². The maximum atomic E-state index is 5.69. The van der Waals surface area contributed by atoms with E-state index in [2.05, 4.69) is 72.9 Å². The van der Waals surface area contributed by atoms with Crippen LogP contribution in [0.4, 0.5) is 0 Å². The quantitative estimate of drug-likeness (QED) is 0.716. The topological polar surface area (TPSA) is 30.5 Å². The molecule has 3 heteroatoms. The Labute approximate surface area is 154 Å². The van der Waals surface area contributed by atoms with Crippen molar-refractivity contribution in [3.63, 3.8) is 0 Å². The number of benzene rings is 3. The number of hydrogen-bond acceptors (Lipinski definition) is 3. The Kier molecular flexibility index (Phi) is 4.63. The summed E-state index contributed by atoms with van der Waals surface area (Å²) in [5.41, 5.74) is 6.05. The fraction of sp³-hybridized carbons (Fsp3) is 0.217. The lowest BCUT2D eigenvalue weighted by Crippen LogP contribution is -2.15. The molecule has 0 fully saturated rings. The third-order valence-corrected chi connectivity index (χ3v) is 4.94. The summed E-state index contributed by atoms with van der Waals surface area (Å²) in [5.74, 6) is 1.65. The summed E-state index contributed by atoms with van der Waals surface area (Å²) < 4.78 is 11.3. The van der Waals surface area contributed by atoms with Crippen molar-refractivity contribution >= 4 is 0 Å². The van der Waals surface area contributed by atoms with Gasteiger partial charge in [-0.25, -0.2) is 0 Å². The molecular formula is C23H23NO2. The van der Waals surface area contributed by atoms with Crippen LogP contribution in [0, 0.1) is 0 Å². The SMILES string of the molecule is CNC(C)c1ccc(-c2ccc(-c3ccc4c(c3)OCCO4)cc2)cc1. The zero-order chi connectivity index (χ0) is 17.9. The fourth-order valence-electron chi connectivity index (χ4n) is 3.21. The molecule has 0 amide bonds. The van der Waals surface area contributed by atoms with Gasteiger partial charge in [-0.05, 0) is 53.9 Å². The van der Waals surface area contributed by atoms with E-state index in [1.807, 2.05) is 13.1 Å². The van der Waals surface area contributed by atoms with E-state index >= 15 is 0 Å². The summed E-state index contributed by atoms with van der Waals surface area (Å²) in [6.45, 7) is 3.39. The lowest BCUT2D eigenvalue weighted by molar-refractivity contribution is 0.171. The molecule has 1 unspecified atom stereocenters. The zero-order valence-corrected chi connectivity index (χ0v) is 15.2. The van der Waals surface area contributed by atoms with Crippen LogP contribution in [-0.4, -0.2) is 20.3 Å². The minimum absolute atomic E-state index is 0.363. The van der Waals surface area contributed by atoms with Crippen LogP contribution < -0.4 is 14.8 Å². The van der Waals surface area contributed by atoms with Crippen LogP contribution in [0.5, 0.6) is 11.5 Å². The second-order valence-corrected chi connectivity index (χ2v) is 6.57. The maximum absolute atomic E-state index is 5.69. The van der Waals surface area contributed by atoms with Crippen molar-refractivity contribution in [3.05, 3.63) is 72.3 Å². The Morgan fingerprint density at radius 1 is 0.692 bits per heavy atom. The highest BCUT2D eigenvalue weighted by Crippen LogP contribution is 2.35. The van der Waals surface area contributed by atoms with Crippen LogP contribution in [0.15, 0.2) is 66.7 Å². The molecule has 0 saturated carbocycles. The molecule has 1 N–H and O–H groups in total. The number of rotatable bonds is 4. The van der Waals surface area contributed by atoms with Gasteiger partial charge in [0.2, 0.25) is 0 Å². The highest BCUT2D eigenvalue weighted by atomic mass is 16.6. The molecule has 1 heterocycles. The summed E-state index contributed by atoms with van der Waals surface area (Å²) in [6, 6.07) is 23.9. The van der Waals surface area contributed by atoms with Gasteiger partial charge in [-0.1, -0.05) is 54.6 Å². The van der Waals surface area contributed by atoms with Crippen molar-refractivity contribution in [2.45, 2.75) is 13.0 Å². The Bertz CT molecular complexity index is 885. The van der Waals surface area contributed by atoms with Gasteiger partial charge in [0.1, 0.15) is 13.2 Å². The van der Waals surface area contributed by atoms with Crippen molar-refractivity contribution in [1.82, 2.24) is 5.32 Å². The average Bonchev–Trinajstić information content (AvgIpc) is 2.73. The predicted molar refractivity (Wildman–Crippen MR) is 106 cm³/mol. The van der Waals surface area contributed by atoms with Gasteiger partial charge in [0, 0.05) is 6.04 Å². The zero-order valence-electron chi connectivity index (χ0n) is 15.2. The first-order chi connectivity index (χ1) is 12.7. The Balaban J connectivity index is 1.57. The molecule has 1 aliphatic heterocycles. The summed E-state index contributed by atoms with van der Waals surface area (Å²) in [4.78, 5) is 0. The van der Waals surface area contributed by atoms with Crippen LogP contribution in [0.1, 0.15) is 18.5 Å². The largest absolute Gasteiger partial charge is 0.486 e. The fourth-order valence-corrected chi connectivity index (χ4v) is 3.21. The molecule has 3 aromatic carbocycles. The van der Waals surface area contributed by atoms with Gasteiger partial charge in [-0.15, -0.1) is 0 Å². The molecule has 0 radical (unpaired) electrons. The molecule has 0 saturated heterocycles. The van der Waals surface area contributed by atoms with Crippen LogP contribution in [0.3, 0.4) is 0 Å². The number of fused-ring (bicyclic) bond motifs is 1. The van der Waals surface area contributed by atoms with E-state index in [9.17, 15) is 0 Å². The first-order valence-electron chi connectivity index (χ1n) is 9.02. The highest BCUT2D eigenvalue weighted by molar-refractivity contribution is 5.72. The lowest BCUT2D eigenvalue weighted by Gasteiger charge is -2.19. The Morgan fingerprint density at radius 2 is 1.19 bits per heavy atom. The molecule has 132 valence electrons. The van der Waals surface area contributed by atoms with Crippen molar-refractivity contribution in [2.24, 2.45) is 0 Å². The minimum Gasteiger partial charge on any atom is -0.486 e. The molecule has 26 heavy (non-hydrogen) atoms. The summed E-state index contributed by atoms with van der Waals surface area (Å²) >= 11 is 0. The van der Waals surface area contributed by atoms with Crippen molar-refractivity contribution in [2.75, 3.05) is 20.3 Å². The number of hydrogen-bond donors (Lipinski definition) is 1. The van der Waals surface area contributed by atoms with Gasteiger partial charge in [0.15, 0.2) is 11.5 Å². The number of ether oxygens (including phenoxy) is 2. The Hall–Kier alpha value is -2.78. The van der Waals surface area contributed by atoms with Crippen molar-refractivity contribution < 1.29 is 9.47 Å². The molecular weight excluding hydrogens is 322 g/mol. The first kappa shape index (κ1) is 16.7. The van der Waals surface area contributed by atoms with E-state index in [0.29, 0.717) is 19.3 Å². The van der Waals surface area contributed by atoms with E-state index in [1.165, 1.54) is 22.3 Å². The third-order valence-electron chi connectivity index (χ3n) is 4.94. The summed E-state index contributed by atoms with van der Waals surface area (Å²) in [5, 5.41) is 3.27. The molecule has 3 nitrogen and oxygen atoms in total. The van der Waals surface area contributed by atoms with Crippen LogP contribution >= 0.6 is 0 Å². The average molecular weight is 345 g/mol. The predicted octanol–water partition coefficient (Wildman–Crippen LogP) is 5.07. The van der Waals surface area contributed by atoms with Crippen LogP contribution in [-0.2, 0) is 0 Å². The second kappa shape index (κ2) is 7.22. The highest BCUT2D eigenvalue weighted by Gasteiger charge is 2.12. The van der Waals surface area contributed by atoms with Gasteiger partial charge >= 0.3 is 0 Å². The summed E-state index contributed by atoms with van der Waals surface area (Å²) in [7, 11) is 1.98. The van der Waals surface area contributed by atoms with Gasteiger partial charge in [0.05, 0.1) is 0 Å². The molecule has 0 bridgehead atoms. The van der Waals surface area contributed by atoms with Gasteiger partial charge < -0.3 is 14.8 Å². The molecule has 1 aliphatic rings.